The van der Waals surface area contributed by atoms with E-state index in [1.54, 1.807) is 0 Å². The molecule has 3 aliphatic rings. The molecular weight excluding hydrogens is 376 g/mol. The predicted octanol–water partition coefficient (Wildman–Crippen LogP) is 4.00. The van der Waals surface area contributed by atoms with Crippen LogP contribution in [-0.4, -0.2) is 39.6 Å². The van der Waals surface area contributed by atoms with Gasteiger partial charge in [0.1, 0.15) is 23.8 Å². The molecule has 3 aliphatic heterocycles. The van der Waals surface area contributed by atoms with Gasteiger partial charge in [0.2, 0.25) is 0 Å². The summed E-state index contributed by atoms with van der Waals surface area (Å²) in [5.74, 6) is 1.83. The number of ether oxygens (including phenoxy) is 2. The minimum absolute atomic E-state index is 0.251. The second-order valence-corrected chi connectivity index (χ2v) is 8.09. The summed E-state index contributed by atoms with van der Waals surface area (Å²) >= 11 is 0. The van der Waals surface area contributed by atoms with E-state index in [9.17, 15) is 0 Å². The number of hydrogen-bond acceptors (Lipinski definition) is 5. The van der Waals surface area contributed by atoms with Crippen molar-refractivity contribution in [3.63, 3.8) is 0 Å². The molecule has 6 nitrogen and oxygen atoms in total. The second kappa shape index (κ2) is 8.48. The molecule has 4 heterocycles. The Morgan fingerprint density at radius 1 is 1.07 bits per heavy atom. The van der Waals surface area contributed by atoms with Gasteiger partial charge in [-0.15, -0.1) is 5.10 Å². The van der Waals surface area contributed by atoms with Crippen molar-refractivity contribution < 1.29 is 9.47 Å². The van der Waals surface area contributed by atoms with Gasteiger partial charge in [-0.25, -0.2) is 0 Å². The minimum Gasteiger partial charge on any atom is -0.494 e. The van der Waals surface area contributed by atoms with E-state index < -0.39 is 0 Å². The number of nitrogens with zero attached hydrogens (tertiary/aromatic N) is 4. The Bertz CT molecular complexity index is 1020. The van der Waals surface area contributed by atoms with Gasteiger partial charge in [0.05, 0.1) is 18.8 Å². The van der Waals surface area contributed by atoms with E-state index >= 15 is 0 Å². The van der Waals surface area contributed by atoms with Gasteiger partial charge in [-0.2, -0.15) is 0 Å². The van der Waals surface area contributed by atoms with Gasteiger partial charge in [0.15, 0.2) is 0 Å². The zero-order valence-electron chi connectivity index (χ0n) is 17.5. The molecule has 8 bridgehead atoms. The number of aryl methyl sites for hydroxylation is 1. The largest absolute Gasteiger partial charge is 0.494 e. The quantitative estimate of drug-likeness (QED) is 0.646. The fourth-order valence-corrected chi connectivity index (χ4v) is 4.53. The van der Waals surface area contributed by atoms with Gasteiger partial charge in [-0.1, -0.05) is 30.3 Å². The molecule has 0 saturated heterocycles. The van der Waals surface area contributed by atoms with Crippen LogP contribution in [-0.2, 0) is 19.6 Å². The van der Waals surface area contributed by atoms with Crippen molar-refractivity contribution in [2.24, 2.45) is 0 Å². The van der Waals surface area contributed by atoms with Crippen LogP contribution in [0, 0.1) is 0 Å². The molecule has 6 heteroatoms. The smallest absolute Gasteiger partial charge is 0.134 e. The average molecular weight is 405 g/mol. The molecule has 0 aliphatic carbocycles. The van der Waals surface area contributed by atoms with Crippen LogP contribution < -0.4 is 9.47 Å². The molecule has 6 rings (SSSR count). The Morgan fingerprint density at radius 2 is 2.00 bits per heavy atom. The van der Waals surface area contributed by atoms with E-state index in [-0.39, 0.29) is 6.04 Å². The lowest BCUT2D eigenvalue weighted by molar-refractivity contribution is 0.212. The molecule has 1 aromatic heterocycles. The summed E-state index contributed by atoms with van der Waals surface area (Å²) in [4.78, 5) is 2.59. The monoisotopic (exact) mass is 404 g/mol. The van der Waals surface area contributed by atoms with Crippen LogP contribution in [0.5, 0.6) is 11.5 Å². The number of fused-ring (bicyclic) bond motifs is 5. The highest BCUT2D eigenvalue weighted by Gasteiger charge is 2.29. The number of rotatable bonds is 2. The summed E-state index contributed by atoms with van der Waals surface area (Å²) in [6.07, 6.45) is 5.01. The van der Waals surface area contributed by atoms with Crippen molar-refractivity contribution in [1.82, 2.24) is 19.9 Å². The number of benzene rings is 2. The zero-order valence-corrected chi connectivity index (χ0v) is 17.5. The van der Waals surface area contributed by atoms with Crippen LogP contribution in [0.2, 0.25) is 0 Å². The summed E-state index contributed by atoms with van der Waals surface area (Å²) in [5.41, 5.74) is 4.87. The van der Waals surface area contributed by atoms with Gasteiger partial charge < -0.3 is 9.47 Å². The topological polar surface area (TPSA) is 52.4 Å². The molecule has 156 valence electrons. The fraction of sp³-hybridized carbons (Fsp3) is 0.417. The zero-order chi connectivity index (χ0) is 20.3. The maximum atomic E-state index is 6.08. The van der Waals surface area contributed by atoms with Gasteiger partial charge >= 0.3 is 0 Å². The van der Waals surface area contributed by atoms with E-state index in [4.69, 9.17) is 9.47 Å². The van der Waals surface area contributed by atoms with Gasteiger partial charge in [-0.05, 0) is 60.3 Å². The number of hydrogen-bond donors (Lipinski definition) is 0. The van der Waals surface area contributed by atoms with Crippen molar-refractivity contribution >= 4 is 0 Å². The normalized spacial score (nSPS) is 19.0. The molecule has 1 atom stereocenters. The second-order valence-electron chi connectivity index (χ2n) is 8.09. The standard InChI is InChI=1S/C24H28N4O2/c1-2-10-27-12-9-18-14-22-7-8-23(18)24(27)19-5-3-6-21(15-19)29-13-4-11-28-16-20(17-30-22)25-26-28/h3,5-8,14-16,24H,2,4,9-13,17H2,1H3. The van der Waals surface area contributed by atoms with Crippen molar-refractivity contribution in [1.29, 1.82) is 0 Å². The summed E-state index contributed by atoms with van der Waals surface area (Å²) in [7, 11) is 0. The molecule has 30 heavy (non-hydrogen) atoms. The minimum atomic E-state index is 0.251. The third kappa shape index (κ3) is 3.92. The molecule has 0 saturated carbocycles. The van der Waals surface area contributed by atoms with E-state index in [0.29, 0.717) is 13.2 Å². The molecule has 3 aromatic rings. The van der Waals surface area contributed by atoms with Crippen LogP contribution in [0.25, 0.3) is 0 Å². The number of aromatic nitrogens is 3. The van der Waals surface area contributed by atoms with Crippen molar-refractivity contribution in [3.05, 3.63) is 71.0 Å². The molecular formula is C24H28N4O2. The first kappa shape index (κ1) is 19.1. The molecule has 0 amide bonds. The lowest BCUT2D eigenvalue weighted by atomic mass is 9.87. The van der Waals surface area contributed by atoms with Crippen LogP contribution >= 0.6 is 0 Å². The highest BCUT2D eigenvalue weighted by atomic mass is 16.5. The first-order valence-corrected chi connectivity index (χ1v) is 10.9. The van der Waals surface area contributed by atoms with Crippen LogP contribution in [0.3, 0.4) is 0 Å². The Hall–Kier alpha value is -2.86. The van der Waals surface area contributed by atoms with E-state index in [0.717, 1.165) is 56.1 Å². The van der Waals surface area contributed by atoms with Crippen molar-refractivity contribution in [2.45, 2.75) is 45.4 Å². The molecule has 0 spiro atoms. The Morgan fingerprint density at radius 3 is 2.93 bits per heavy atom. The first-order valence-electron chi connectivity index (χ1n) is 10.9. The summed E-state index contributed by atoms with van der Waals surface area (Å²) in [6, 6.07) is 15.4. The predicted molar refractivity (Wildman–Crippen MR) is 115 cm³/mol. The van der Waals surface area contributed by atoms with Crippen LogP contribution in [0.4, 0.5) is 0 Å². The third-order valence-electron chi connectivity index (χ3n) is 5.90. The van der Waals surface area contributed by atoms with Gasteiger partial charge in [-0.3, -0.25) is 9.58 Å². The summed E-state index contributed by atoms with van der Waals surface area (Å²) in [5, 5.41) is 8.43. The van der Waals surface area contributed by atoms with E-state index in [2.05, 4.69) is 64.6 Å². The molecule has 0 fully saturated rings. The fourth-order valence-electron chi connectivity index (χ4n) is 4.53. The SMILES string of the molecule is CCCN1CCc2cc3ccc2C1c1cccc(c1)OCCCn1cc(nn1)CO3. The molecule has 1 unspecified atom stereocenters. The lowest BCUT2D eigenvalue weighted by Gasteiger charge is -2.38. The highest BCUT2D eigenvalue weighted by molar-refractivity contribution is 5.45. The van der Waals surface area contributed by atoms with Crippen molar-refractivity contribution in [3.8, 4) is 11.5 Å². The third-order valence-corrected chi connectivity index (χ3v) is 5.90. The van der Waals surface area contributed by atoms with Crippen molar-refractivity contribution in [2.75, 3.05) is 19.7 Å². The Balaban J connectivity index is 1.54. The van der Waals surface area contributed by atoms with Crippen LogP contribution in [0.1, 0.15) is 48.2 Å². The van der Waals surface area contributed by atoms with Crippen LogP contribution in [0.15, 0.2) is 48.7 Å². The van der Waals surface area contributed by atoms with E-state index in [1.807, 2.05) is 10.9 Å². The van der Waals surface area contributed by atoms with Gasteiger partial charge in [0, 0.05) is 19.5 Å². The maximum Gasteiger partial charge on any atom is 0.134 e. The Kier molecular flexibility index (Phi) is 5.41. The molecule has 0 radical (unpaired) electrons. The summed E-state index contributed by atoms with van der Waals surface area (Å²) < 4.78 is 14.0. The maximum absolute atomic E-state index is 6.08. The lowest BCUT2D eigenvalue weighted by Crippen LogP contribution is -2.36. The molecule has 0 N–H and O–H groups in total. The Labute approximate surface area is 177 Å². The van der Waals surface area contributed by atoms with E-state index in [1.165, 1.54) is 16.7 Å². The highest BCUT2D eigenvalue weighted by Crippen LogP contribution is 2.38. The van der Waals surface area contributed by atoms with Gasteiger partial charge in [0.25, 0.3) is 0 Å². The summed E-state index contributed by atoms with van der Waals surface area (Å²) in [6.45, 7) is 6.24. The average Bonchev–Trinajstić information content (AvgIpc) is 3.23. The molecule has 2 aromatic carbocycles. The first-order chi connectivity index (χ1) is 14.8.